The predicted molar refractivity (Wildman–Crippen MR) is 132 cm³/mol. The number of fused-ring (bicyclic) bond motifs is 1. The fourth-order valence-electron chi connectivity index (χ4n) is 4.11. The number of hydrogen-bond acceptors (Lipinski definition) is 11. The van der Waals surface area contributed by atoms with Gasteiger partial charge in [0, 0.05) is 30.2 Å². The fourth-order valence-corrected chi connectivity index (χ4v) is 4.30. The van der Waals surface area contributed by atoms with Gasteiger partial charge in [0.15, 0.2) is 35.1 Å². The smallest absolute Gasteiger partial charge is 0.250 e. The van der Waals surface area contributed by atoms with Gasteiger partial charge >= 0.3 is 0 Å². The number of imidazole rings is 1. The van der Waals surface area contributed by atoms with E-state index >= 15 is 0 Å². The summed E-state index contributed by atoms with van der Waals surface area (Å²) in [7, 11) is 1.47. The van der Waals surface area contributed by atoms with Crippen LogP contribution in [-0.2, 0) is 22.7 Å². The number of halogens is 1. The maximum Gasteiger partial charge on any atom is 0.250 e. The molecule has 1 aromatic carbocycles. The first-order valence-corrected chi connectivity index (χ1v) is 11.8. The van der Waals surface area contributed by atoms with Crippen LogP contribution < -0.4 is 21.1 Å². The normalized spacial score (nSPS) is 21.3. The summed E-state index contributed by atoms with van der Waals surface area (Å²) in [6.45, 7) is 2.36. The Morgan fingerprint density at radius 2 is 2.14 bits per heavy atom. The number of carbonyl (C=O) groups excluding carboxylic acids is 1. The molecule has 4 aromatic rings. The SMILES string of the molecule is CNC(=O)[C@H]1OC(n2cnc3c(NCc4cc(Cl)ccc4OCc4cc(C)no4)ncnc32)[C@H](O)[C@@H]1N. The lowest BCUT2D eigenvalue weighted by Gasteiger charge is -2.17. The van der Waals surface area contributed by atoms with Crippen LogP contribution in [0.2, 0.25) is 5.02 Å². The molecule has 0 spiro atoms. The molecule has 1 aliphatic rings. The zero-order valence-corrected chi connectivity index (χ0v) is 20.7. The van der Waals surface area contributed by atoms with Crippen LogP contribution >= 0.6 is 11.6 Å². The van der Waals surface area contributed by atoms with Crippen LogP contribution in [0.3, 0.4) is 0 Å². The van der Waals surface area contributed by atoms with Crippen molar-refractivity contribution in [2.24, 2.45) is 5.73 Å². The Labute approximate surface area is 215 Å². The molecule has 0 aliphatic carbocycles. The molecule has 0 bridgehead atoms. The second-order valence-electron chi connectivity index (χ2n) is 8.50. The number of nitrogens with zero attached hydrogens (tertiary/aromatic N) is 5. The van der Waals surface area contributed by atoms with E-state index in [2.05, 4.69) is 30.7 Å². The molecular formula is C23H25ClN8O5. The number of likely N-dealkylation sites (N-methyl/N-ethyl adjacent to an activating group) is 1. The number of hydrogen-bond donors (Lipinski definition) is 4. The average molecular weight is 529 g/mol. The lowest BCUT2D eigenvalue weighted by Crippen LogP contribution is -2.46. The number of rotatable bonds is 8. The minimum absolute atomic E-state index is 0.209. The predicted octanol–water partition coefficient (Wildman–Crippen LogP) is 1.30. The molecule has 1 unspecified atom stereocenters. The monoisotopic (exact) mass is 528 g/mol. The summed E-state index contributed by atoms with van der Waals surface area (Å²) in [6, 6.07) is 6.19. The molecule has 3 aromatic heterocycles. The van der Waals surface area contributed by atoms with Gasteiger partial charge in [-0.15, -0.1) is 0 Å². The summed E-state index contributed by atoms with van der Waals surface area (Å²) in [5.41, 5.74) is 8.41. The topological polar surface area (TPSA) is 175 Å². The van der Waals surface area contributed by atoms with E-state index < -0.39 is 30.4 Å². The van der Waals surface area contributed by atoms with Gasteiger partial charge in [0.05, 0.1) is 18.1 Å². The number of amides is 1. The summed E-state index contributed by atoms with van der Waals surface area (Å²) in [5.74, 6) is 1.23. The lowest BCUT2D eigenvalue weighted by molar-refractivity contribution is -0.134. The van der Waals surface area contributed by atoms with Gasteiger partial charge < -0.3 is 35.5 Å². The highest BCUT2D eigenvalue weighted by Gasteiger charge is 2.46. The van der Waals surface area contributed by atoms with Gasteiger partial charge in [0.1, 0.15) is 24.8 Å². The Bertz CT molecular complexity index is 1430. The Morgan fingerprint density at radius 1 is 1.30 bits per heavy atom. The third-order valence-electron chi connectivity index (χ3n) is 5.98. The quantitative estimate of drug-likeness (QED) is 0.259. The molecule has 0 radical (unpaired) electrons. The van der Waals surface area contributed by atoms with Gasteiger partial charge in [-0.1, -0.05) is 16.8 Å². The number of nitrogens with one attached hydrogen (secondary N) is 2. The number of aliphatic hydroxyl groups excluding tert-OH is 1. The zero-order chi connectivity index (χ0) is 26.1. The van der Waals surface area contributed by atoms with Crippen LogP contribution in [0.15, 0.2) is 41.4 Å². The fraction of sp³-hybridized carbons (Fsp3) is 0.348. The maximum absolute atomic E-state index is 12.1. The Hall–Kier alpha value is -3.78. The molecule has 0 saturated carbocycles. The van der Waals surface area contributed by atoms with Crippen molar-refractivity contribution >= 4 is 34.5 Å². The molecule has 4 heterocycles. The first kappa shape index (κ1) is 24.9. The van der Waals surface area contributed by atoms with Gasteiger partial charge in [0.2, 0.25) is 0 Å². The average Bonchev–Trinajstić information content (AvgIpc) is 3.59. The second kappa shape index (κ2) is 10.3. The summed E-state index contributed by atoms with van der Waals surface area (Å²) >= 11 is 6.23. The molecular weight excluding hydrogens is 504 g/mol. The van der Waals surface area contributed by atoms with Crippen LogP contribution in [0.5, 0.6) is 5.75 Å². The number of aliphatic hydroxyl groups is 1. The van der Waals surface area contributed by atoms with Crippen molar-refractivity contribution in [1.82, 2.24) is 30.0 Å². The standard InChI is InChI=1S/C23H25ClN8O5/c1-11-5-14(37-31-11)8-35-15-4-3-13(24)6-12(15)7-27-20-17-21(29-9-28-20)32(10-30-17)23-18(33)16(25)19(36-23)22(34)26-2/h3-6,9-10,16,18-19,23,33H,7-8,25H2,1-2H3,(H,26,34)(H,27,28,29)/t16-,18+,19-,23?/m0/s1. The van der Waals surface area contributed by atoms with E-state index in [-0.39, 0.29) is 6.61 Å². The van der Waals surface area contributed by atoms with E-state index in [9.17, 15) is 9.90 Å². The highest BCUT2D eigenvalue weighted by atomic mass is 35.5. The van der Waals surface area contributed by atoms with Crippen LogP contribution in [0.25, 0.3) is 11.2 Å². The molecule has 1 amide bonds. The van der Waals surface area contributed by atoms with Gasteiger partial charge in [-0.2, -0.15) is 0 Å². The number of nitrogens with two attached hydrogens (primary N) is 1. The number of anilines is 1. The minimum Gasteiger partial charge on any atom is -0.485 e. The molecule has 4 atom stereocenters. The molecule has 14 heteroatoms. The molecule has 37 heavy (non-hydrogen) atoms. The maximum atomic E-state index is 12.1. The summed E-state index contributed by atoms with van der Waals surface area (Å²) in [6.07, 6.45) is -0.279. The van der Waals surface area contributed by atoms with Crippen LogP contribution in [-0.4, -0.2) is 61.0 Å². The van der Waals surface area contributed by atoms with Crippen molar-refractivity contribution in [3.05, 3.63) is 59.0 Å². The highest BCUT2D eigenvalue weighted by Crippen LogP contribution is 2.32. The number of ether oxygens (including phenoxy) is 2. The number of aryl methyl sites for hydroxylation is 1. The molecule has 5 rings (SSSR count). The minimum atomic E-state index is -1.15. The molecule has 194 valence electrons. The molecule has 1 saturated heterocycles. The summed E-state index contributed by atoms with van der Waals surface area (Å²) < 4.78 is 18.4. The largest absolute Gasteiger partial charge is 0.485 e. The van der Waals surface area contributed by atoms with E-state index in [1.54, 1.807) is 24.3 Å². The van der Waals surface area contributed by atoms with Gasteiger partial charge in [-0.05, 0) is 25.1 Å². The Kier molecular flexibility index (Phi) is 6.93. The summed E-state index contributed by atoms with van der Waals surface area (Å²) in [5, 5.41) is 20.8. The molecule has 13 nitrogen and oxygen atoms in total. The number of benzene rings is 1. The van der Waals surface area contributed by atoms with Crippen molar-refractivity contribution in [2.45, 2.75) is 44.6 Å². The van der Waals surface area contributed by atoms with Crippen molar-refractivity contribution in [3.8, 4) is 5.75 Å². The first-order valence-electron chi connectivity index (χ1n) is 11.4. The van der Waals surface area contributed by atoms with E-state index in [1.807, 2.05) is 6.92 Å². The third kappa shape index (κ3) is 4.93. The molecule has 1 aliphatic heterocycles. The molecule has 5 N–H and O–H groups in total. The first-order chi connectivity index (χ1) is 17.9. The van der Waals surface area contributed by atoms with Crippen molar-refractivity contribution < 1.29 is 23.9 Å². The molecule has 1 fully saturated rings. The van der Waals surface area contributed by atoms with E-state index in [1.165, 1.54) is 24.3 Å². The Balaban J connectivity index is 1.35. The Morgan fingerprint density at radius 3 is 2.89 bits per heavy atom. The van der Waals surface area contributed by atoms with Crippen LogP contribution in [0.1, 0.15) is 23.2 Å². The summed E-state index contributed by atoms with van der Waals surface area (Å²) in [4.78, 5) is 25.1. The van der Waals surface area contributed by atoms with Gasteiger partial charge in [-0.25, -0.2) is 15.0 Å². The zero-order valence-electron chi connectivity index (χ0n) is 20.0. The lowest BCUT2D eigenvalue weighted by atomic mass is 10.1. The second-order valence-corrected chi connectivity index (χ2v) is 8.94. The van der Waals surface area contributed by atoms with Crippen molar-refractivity contribution in [1.29, 1.82) is 0 Å². The number of carbonyl (C=O) groups is 1. The van der Waals surface area contributed by atoms with Gasteiger partial charge in [-0.3, -0.25) is 9.36 Å². The van der Waals surface area contributed by atoms with E-state index in [0.29, 0.717) is 40.1 Å². The third-order valence-corrected chi connectivity index (χ3v) is 6.21. The van der Waals surface area contributed by atoms with Crippen LogP contribution in [0.4, 0.5) is 5.82 Å². The van der Waals surface area contributed by atoms with Crippen LogP contribution in [0, 0.1) is 6.92 Å². The van der Waals surface area contributed by atoms with Crippen molar-refractivity contribution in [2.75, 3.05) is 12.4 Å². The highest BCUT2D eigenvalue weighted by molar-refractivity contribution is 6.30. The van der Waals surface area contributed by atoms with E-state index in [0.717, 1.165) is 11.3 Å². The van der Waals surface area contributed by atoms with E-state index in [4.69, 9.17) is 31.3 Å². The number of aromatic nitrogens is 5. The van der Waals surface area contributed by atoms with Crippen molar-refractivity contribution in [3.63, 3.8) is 0 Å². The van der Waals surface area contributed by atoms with Gasteiger partial charge in [0.25, 0.3) is 5.91 Å².